The van der Waals surface area contributed by atoms with Crippen LogP contribution in [0.5, 0.6) is 11.5 Å². The molecule has 10 heteroatoms. The Bertz CT molecular complexity index is 1610. The topological polar surface area (TPSA) is 92.0 Å². The summed E-state index contributed by atoms with van der Waals surface area (Å²) in [6.45, 7) is 0. The van der Waals surface area contributed by atoms with Gasteiger partial charge in [-0.15, -0.1) is 22.7 Å². The van der Waals surface area contributed by atoms with Gasteiger partial charge >= 0.3 is 0 Å². The quantitative estimate of drug-likeness (QED) is 0.180. The number of nitrogens with zero attached hydrogens (tertiary/aromatic N) is 4. The normalized spacial score (nSPS) is 10.9. The molecule has 4 heterocycles. The van der Waals surface area contributed by atoms with Crippen LogP contribution in [-0.4, -0.2) is 30.1 Å². The molecule has 0 spiro atoms. The molecule has 0 aliphatic rings. The van der Waals surface area contributed by atoms with E-state index in [1.807, 2.05) is 41.1 Å². The number of fused-ring (bicyclic) bond motifs is 2. The molecule has 0 aliphatic heterocycles. The third-order valence-corrected chi connectivity index (χ3v) is 6.98. The highest BCUT2D eigenvalue weighted by Gasteiger charge is 2.13. The van der Waals surface area contributed by atoms with E-state index in [0.29, 0.717) is 10.9 Å². The number of thiophene rings is 2. The van der Waals surface area contributed by atoms with Crippen molar-refractivity contribution in [3.63, 3.8) is 0 Å². The lowest BCUT2D eigenvalue weighted by atomic mass is 10.1. The van der Waals surface area contributed by atoms with Crippen LogP contribution in [0.15, 0.2) is 71.4 Å². The maximum absolute atomic E-state index is 9.76. The molecule has 4 aromatic heterocycles. The van der Waals surface area contributed by atoms with Crippen molar-refractivity contribution in [2.45, 2.75) is 0 Å². The predicted octanol–water partition coefficient (Wildman–Crippen LogP) is 7.43. The van der Waals surface area contributed by atoms with Crippen LogP contribution in [0.4, 0.5) is 0 Å². The summed E-state index contributed by atoms with van der Waals surface area (Å²) >= 11 is 14.6. The Morgan fingerprint density at radius 3 is 1.91 bits per heavy atom. The third kappa shape index (κ3) is 4.67. The predicted molar refractivity (Wildman–Crippen MR) is 139 cm³/mol. The number of halogens is 2. The number of hydrogen-bond acceptors (Lipinski definition) is 8. The summed E-state index contributed by atoms with van der Waals surface area (Å²) in [5.74, 6) is 1.08. The van der Waals surface area contributed by atoms with Crippen molar-refractivity contribution in [3.8, 4) is 32.8 Å². The highest BCUT2D eigenvalue weighted by atomic mass is 35.5. The Hall–Kier alpha value is -3.30. The van der Waals surface area contributed by atoms with E-state index < -0.39 is 0 Å². The fourth-order valence-electron chi connectivity index (χ4n) is 3.29. The molecular weight excluding hydrogens is 511 g/mol. The first-order chi connectivity index (χ1) is 16.5. The van der Waals surface area contributed by atoms with E-state index in [2.05, 4.69) is 15.0 Å². The molecule has 0 saturated carbocycles. The molecule has 2 aromatic carbocycles. The molecule has 0 amide bonds. The minimum atomic E-state index is 0.100. The van der Waals surface area contributed by atoms with Gasteiger partial charge < -0.3 is 10.2 Å². The molecule has 0 radical (unpaired) electrons. The number of benzene rings is 2. The van der Waals surface area contributed by atoms with Crippen molar-refractivity contribution < 1.29 is 10.2 Å². The Kier molecular flexibility index (Phi) is 6.30. The van der Waals surface area contributed by atoms with Gasteiger partial charge in [-0.2, -0.15) is 0 Å². The molecule has 6 aromatic rings. The van der Waals surface area contributed by atoms with Crippen LogP contribution in [0.2, 0.25) is 10.4 Å². The molecule has 0 aliphatic carbocycles. The van der Waals surface area contributed by atoms with Crippen LogP contribution in [-0.2, 0) is 0 Å². The molecule has 0 atom stereocenters. The van der Waals surface area contributed by atoms with Gasteiger partial charge in [0.25, 0.3) is 0 Å². The second-order valence-electron chi connectivity index (χ2n) is 7.04. The summed E-state index contributed by atoms with van der Waals surface area (Å²) in [7, 11) is 0. The lowest BCUT2D eigenvalue weighted by Gasteiger charge is -2.07. The van der Waals surface area contributed by atoms with Crippen molar-refractivity contribution in [2.75, 3.05) is 0 Å². The number of hydrogen-bond donors (Lipinski definition) is 2. The van der Waals surface area contributed by atoms with Gasteiger partial charge in [-0.25, -0.2) is 19.9 Å². The summed E-state index contributed by atoms with van der Waals surface area (Å²) < 4.78 is 0. The summed E-state index contributed by atoms with van der Waals surface area (Å²) in [5.41, 5.74) is 2.33. The molecule has 0 saturated heterocycles. The minimum absolute atomic E-state index is 0.100. The van der Waals surface area contributed by atoms with Gasteiger partial charge in [0.05, 0.1) is 26.5 Å². The van der Waals surface area contributed by atoms with Crippen LogP contribution in [0.25, 0.3) is 43.1 Å². The monoisotopic (exact) mass is 524 g/mol. The number of phenols is 2. The van der Waals surface area contributed by atoms with Gasteiger partial charge in [0, 0.05) is 10.8 Å². The molecule has 34 heavy (non-hydrogen) atoms. The van der Waals surface area contributed by atoms with Gasteiger partial charge in [-0.3, -0.25) is 0 Å². The van der Waals surface area contributed by atoms with Crippen molar-refractivity contribution >= 4 is 67.7 Å². The van der Waals surface area contributed by atoms with E-state index in [-0.39, 0.29) is 21.9 Å². The fraction of sp³-hybridized carbons (Fsp3) is 0. The third-order valence-electron chi connectivity index (χ3n) is 4.78. The van der Waals surface area contributed by atoms with E-state index in [1.54, 1.807) is 40.9 Å². The molecular formula is C24H14Cl2N4O2S2. The maximum atomic E-state index is 9.76. The van der Waals surface area contributed by atoms with Gasteiger partial charge in [-0.05, 0) is 70.9 Å². The zero-order valence-electron chi connectivity index (χ0n) is 17.2. The molecule has 6 rings (SSSR count). The lowest BCUT2D eigenvalue weighted by Crippen LogP contribution is -1.92. The van der Waals surface area contributed by atoms with E-state index in [9.17, 15) is 10.2 Å². The average Bonchev–Trinajstić information content (AvgIpc) is 3.54. The van der Waals surface area contributed by atoms with Gasteiger partial charge in [0.1, 0.15) is 16.7 Å². The van der Waals surface area contributed by atoms with Crippen LogP contribution in [0, 0.1) is 0 Å². The Morgan fingerprint density at radius 2 is 1.26 bits per heavy atom. The highest BCUT2D eigenvalue weighted by Crippen LogP contribution is 2.34. The first-order valence-corrected chi connectivity index (χ1v) is 12.4. The molecule has 0 bridgehead atoms. The van der Waals surface area contributed by atoms with Crippen molar-refractivity contribution in [3.05, 3.63) is 81.9 Å². The van der Waals surface area contributed by atoms with E-state index in [4.69, 9.17) is 28.2 Å². The van der Waals surface area contributed by atoms with Gasteiger partial charge in [0.15, 0.2) is 5.82 Å². The molecule has 2 N–H and O–H groups in total. The second-order valence-corrected chi connectivity index (χ2v) is 9.63. The number of phenolic OH excluding ortho intramolecular Hbond substituents is 2. The standard InChI is InChI=1S/C16H10N2OS2.C8H4Cl2N2O/c19-10-5-6-12-11(9-10)15(13-3-1-7-20-13)18-16(17-12)14-4-2-8-21-14;9-7-5-3-4(13)1-2-6(5)11-8(10)12-7/h1-9,19H;1-3,13H. The summed E-state index contributed by atoms with van der Waals surface area (Å²) in [6, 6.07) is 17.9. The summed E-state index contributed by atoms with van der Waals surface area (Å²) in [5, 5.41) is 24.8. The smallest absolute Gasteiger partial charge is 0.224 e. The van der Waals surface area contributed by atoms with Crippen LogP contribution in [0.3, 0.4) is 0 Å². The zero-order chi connectivity index (χ0) is 23.7. The van der Waals surface area contributed by atoms with E-state index >= 15 is 0 Å². The fourth-order valence-corrected chi connectivity index (χ4v) is 5.12. The average molecular weight is 525 g/mol. The summed E-state index contributed by atoms with van der Waals surface area (Å²) in [4.78, 5) is 19.2. The Labute approximate surface area is 211 Å². The van der Waals surface area contributed by atoms with Crippen molar-refractivity contribution in [1.29, 1.82) is 0 Å². The highest BCUT2D eigenvalue weighted by molar-refractivity contribution is 7.14. The first kappa shape index (κ1) is 22.5. The number of rotatable bonds is 2. The Balaban J connectivity index is 0.000000159. The van der Waals surface area contributed by atoms with Crippen LogP contribution < -0.4 is 0 Å². The first-order valence-electron chi connectivity index (χ1n) is 9.88. The number of aromatic hydroxyl groups is 2. The SMILES string of the molecule is Oc1ccc2nc(-c3cccs3)nc(-c3cccs3)c2c1.Oc1ccc2nc(Cl)nc(Cl)c2c1. The lowest BCUT2D eigenvalue weighted by molar-refractivity contribution is 0.475. The number of aromatic nitrogens is 4. The van der Waals surface area contributed by atoms with Gasteiger partial charge in [0.2, 0.25) is 5.28 Å². The molecule has 0 unspecified atom stereocenters. The Morgan fingerprint density at radius 1 is 0.647 bits per heavy atom. The van der Waals surface area contributed by atoms with E-state index in [1.165, 1.54) is 12.1 Å². The molecule has 0 fully saturated rings. The largest absolute Gasteiger partial charge is 0.508 e. The maximum Gasteiger partial charge on any atom is 0.224 e. The molecule has 168 valence electrons. The minimum Gasteiger partial charge on any atom is -0.508 e. The van der Waals surface area contributed by atoms with Crippen LogP contribution >= 0.6 is 45.9 Å². The van der Waals surface area contributed by atoms with Crippen molar-refractivity contribution in [1.82, 2.24) is 19.9 Å². The second kappa shape index (κ2) is 9.52. The zero-order valence-corrected chi connectivity index (χ0v) is 20.3. The van der Waals surface area contributed by atoms with Crippen molar-refractivity contribution in [2.24, 2.45) is 0 Å². The van der Waals surface area contributed by atoms with E-state index in [0.717, 1.165) is 32.2 Å². The molecule has 6 nitrogen and oxygen atoms in total. The van der Waals surface area contributed by atoms with Gasteiger partial charge in [-0.1, -0.05) is 23.7 Å². The van der Waals surface area contributed by atoms with Crippen LogP contribution in [0.1, 0.15) is 0 Å². The summed E-state index contributed by atoms with van der Waals surface area (Å²) in [6.07, 6.45) is 0.